The van der Waals surface area contributed by atoms with Crippen molar-refractivity contribution in [3.05, 3.63) is 170 Å². The van der Waals surface area contributed by atoms with Crippen LogP contribution < -0.4 is 0 Å². The Morgan fingerprint density at radius 3 is 1.60 bits per heavy atom. The van der Waals surface area contributed by atoms with Crippen LogP contribution >= 0.6 is 0 Å². The molecule has 244 valence electrons. The Bertz CT molecular complexity index is 2880. The van der Waals surface area contributed by atoms with E-state index in [9.17, 15) is 5.11 Å². The molecule has 0 bridgehead atoms. The van der Waals surface area contributed by atoms with Gasteiger partial charge in [-0.2, -0.15) is 0 Å². The van der Waals surface area contributed by atoms with E-state index in [0.29, 0.717) is 28.6 Å². The fourth-order valence-electron chi connectivity index (χ4n) is 7.18. The topological polar surface area (TPSA) is 72.0 Å². The smallest absolute Gasteiger partial charge is 0.164 e. The number of aromatic nitrogens is 3. The number of para-hydroxylation sites is 1. The SMILES string of the molecule is Oc1cccc(-c2nc(-c3ccc4ccccc4c3)nc(-c3ccc4ccccc4c3)n2)c1-c1ccc(-c2ccc3oc4ccccc4c3c2)cc1. The Labute approximate surface area is 299 Å². The number of hydrogen-bond acceptors (Lipinski definition) is 5. The number of rotatable bonds is 5. The molecule has 0 unspecified atom stereocenters. The molecule has 10 rings (SSSR count). The average Bonchev–Trinajstić information content (AvgIpc) is 3.58. The van der Waals surface area contributed by atoms with Gasteiger partial charge in [-0.3, -0.25) is 0 Å². The van der Waals surface area contributed by atoms with Crippen LogP contribution in [0.15, 0.2) is 174 Å². The molecule has 10 aromatic rings. The molecule has 0 aliphatic heterocycles. The zero-order chi connectivity index (χ0) is 34.6. The van der Waals surface area contributed by atoms with E-state index in [1.807, 2.05) is 72.8 Å². The number of hydrogen-bond donors (Lipinski definition) is 1. The van der Waals surface area contributed by atoms with Crippen molar-refractivity contribution < 1.29 is 9.52 Å². The second-order valence-electron chi connectivity index (χ2n) is 13.0. The second kappa shape index (κ2) is 12.0. The third kappa shape index (κ3) is 5.15. The molecule has 52 heavy (non-hydrogen) atoms. The lowest BCUT2D eigenvalue weighted by molar-refractivity contribution is 0.477. The van der Waals surface area contributed by atoms with Crippen molar-refractivity contribution in [2.45, 2.75) is 0 Å². The normalized spacial score (nSPS) is 11.5. The summed E-state index contributed by atoms with van der Waals surface area (Å²) in [5, 5.41) is 18.1. The van der Waals surface area contributed by atoms with Crippen LogP contribution in [0.2, 0.25) is 0 Å². The summed E-state index contributed by atoms with van der Waals surface area (Å²) in [6.07, 6.45) is 0. The quantitative estimate of drug-likeness (QED) is 0.198. The molecule has 5 heteroatoms. The van der Waals surface area contributed by atoms with E-state index in [4.69, 9.17) is 19.4 Å². The van der Waals surface area contributed by atoms with Crippen molar-refractivity contribution in [3.63, 3.8) is 0 Å². The van der Waals surface area contributed by atoms with Crippen LogP contribution in [-0.4, -0.2) is 20.1 Å². The standard InChI is InChI=1S/C47H29N3O2/c51-41-14-7-13-39(44(41)32-20-16-31(17-21-32)35-24-25-43-40(28-35)38-12-5-6-15-42(38)52-43)47-49-45(36-22-18-29-8-1-3-10-33(29)26-36)48-46(50-47)37-23-19-30-9-2-4-11-34(30)27-37/h1-28,51H. The lowest BCUT2D eigenvalue weighted by Crippen LogP contribution is -2.01. The highest BCUT2D eigenvalue weighted by Gasteiger charge is 2.19. The van der Waals surface area contributed by atoms with Gasteiger partial charge >= 0.3 is 0 Å². The fraction of sp³-hybridized carbons (Fsp3) is 0. The summed E-state index contributed by atoms with van der Waals surface area (Å²) in [5.41, 5.74) is 7.89. The lowest BCUT2D eigenvalue weighted by atomic mass is 9.95. The van der Waals surface area contributed by atoms with Gasteiger partial charge in [0.25, 0.3) is 0 Å². The Balaban J connectivity index is 1.10. The van der Waals surface area contributed by atoms with Crippen LogP contribution in [0.4, 0.5) is 0 Å². The second-order valence-corrected chi connectivity index (χ2v) is 13.0. The first kappa shape index (κ1) is 29.8. The summed E-state index contributed by atoms with van der Waals surface area (Å²) in [7, 11) is 0. The van der Waals surface area contributed by atoms with E-state index in [2.05, 4.69) is 91.0 Å². The molecule has 0 amide bonds. The molecule has 0 radical (unpaired) electrons. The number of aromatic hydroxyl groups is 1. The van der Waals surface area contributed by atoms with Crippen molar-refractivity contribution >= 4 is 43.5 Å². The molecular weight excluding hydrogens is 639 g/mol. The van der Waals surface area contributed by atoms with Gasteiger partial charge in [-0.1, -0.05) is 133 Å². The monoisotopic (exact) mass is 667 g/mol. The molecule has 2 aromatic heterocycles. The van der Waals surface area contributed by atoms with Gasteiger partial charge < -0.3 is 9.52 Å². The molecule has 1 N–H and O–H groups in total. The van der Waals surface area contributed by atoms with Crippen LogP contribution in [0.1, 0.15) is 0 Å². The van der Waals surface area contributed by atoms with Gasteiger partial charge in [-0.25, -0.2) is 15.0 Å². The molecule has 8 aromatic carbocycles. The highest BCUT2D eigenvalue weighted by atomic mass is 16.3. The van der Waals surface area contributed by atoms with Crippen LogP contribution in [0.5, 0.6) is 5.75 Å². The number of fused-ring (bicyclic) bond motifs is 5. The van der Waals surface area contributed by atoms with E-state index in [-0.39, 0.29) is 5.75 Å². The maximum absolute atomic E-state index is 11.4. The third-order valence-electron chi connectivity index (χ3n) is 9.82. The highest BCUT2D eigenvalue weighted by Crippen LogP contribution is 2.40. The van der Waals surface area contributed by atoms with Crippen molar-refractivity contribution in [2.75, 3.05) is 0 Å². The Kier molecular flexibility index (Phi) is 6.89. The summed E-state index contributed by atoms with van der Waals surface area (Å²) in [4.78, 5) is 15.2. The first-order valence-electron chi connectivity index (χ1n) is 17.2. The highest BCUT2D eigenvalue weighted by molar-refractivity contribution is 6.06. The maximum Gasteiger partial charge on any atom is 0.164 e. The number of nitrogens with zero attached hydrogens (tertiary/aromatic N) is 3. The molecule has 0 fully saturated rings. The maximum atomic E-state index is 11.4. The Morgan fingerprint density at radius 2 is 0.904 bits per heavy atom. The lowest BCUT2D eigenvalue weighted by Gasteiger charge is -2.14. The predicted octanol–water partition coefficient (Wildman–Crippen LogP) is 12.1. The summed E-state index contributed by atoms with van der Waals surface area (Å²) < 4.78 is 6.06. The van der Waals surface area contributed by atoms with Gasteiger partial charge in [0, 0.05) is 33.0 Å². The van der Waals surface area contributed by atoms with E-state index in [1.54, 1.807) is 6.07 Å². The predicted molar refractivity (Wildman–Crippen MR) is 211 cm³/mol. The largest absolute Gasteiger partial charge is 0.507 e. The minimum atomic E-state index is 0.149. The summed E-state index contributed by atoms with van der Waals surface area (Å²) in [6, 6.07) is 57.2. The van der Waals surface area contributed by atoms with E-state index < -0.39 is 0 Å². The molecule has 0 saturated carbocycles. The zero-order valence-electron chi connectivity index (χ0n) is 27.9. The molecule has 0 spiro atoms. The number of phenolic OH excluding ortho intramolecular Hbond substituents is 1. The van der Waals surface area contributed by atoms with Gasteiger partial charge in [0.2, 0.25) is 0 Å². The van der Waals surface area contributed by atoms with Crippen molar-refractivity contribution in [3.8, 4) is 62.2 Å². The van der Waals surface area contributed by atoms with Gasteiger partial charge in [-0.05, 0) is 74.6 Å². The van der Waals surface area contributed by atoms with Crippen LogP contribution in [-0.2, 0) is 0 Å². The first-order chi connectivity index (χ1) is 25.6. The fourth-order valence-corrected chi connectivity index (χ4v) is 7.18. The van der Waals surface area contributed by atoms with Gasteiger partial charge in [0.1, 0.15) is 16.9 Å². The minimum Gasteiger partial charge on any atom is -0.507 e. The molecule has 0 aliphatic rings. The average molecular weight is 668 g/mol. The Hall–Kier alpha value is -7.11. The van der Waals surface area contributed by atoms with Crippen molar-refractivity contribution in [1.82, 2.24) is 15.0 Å². The van der Waals surface area contributed by atoms with Crippen LogP contribution in [0.3, 0.4) is 0 Å². The summed E-state index contributed by atoms with van der Waals surface area (Å²) in [6.45, 7) is 0. The molecule has 0 atom stereocenters. The molecule has 2 heterocycles. The van der Waals surface area contributed by atoms with E-state index in [0.717, 1.165) is 71.3 Å². The number of furan rings is 1. The Morgan fingerprint density at radius 1 is 0.365 bits per heavy atom. The van der Waals surface area contributed by atoms with Crippen LogP contribution in [0, 0.1) is 0 Å². The molecular formula is C47H29N3O2. The van der Waals surface area contributed by atoms with E-state index in [1.165, 1.54) is 0 Å². The number of benzene rings is 8. The van der Waals surface area contributed by atoms with Gasteiger partial charge in [0.05, 0.1) is 0 Å². The number of phenols is 1. The summed E-state index contributed by atoms with van der Waals surface area (Å²) >= 11 is 0. The third-order valence-corrected chi connectivity index (χ3v) is 9.82. The van der Waals surface area contributed by atoms with Gasteiger partial charge in [-0.15, -0.1) is 0 Å². The van der Waals surface area contributed by atoms with Crippen LogP contribution in [0.25, 0.3) is 99.9 Å². The van der Waals surface area contributed by atoms with Crippen molar-refractivity contribution in [2.24, 2.45) is 0 Å². The van der Waals surface area contributed by atoms with Gasteiger partial charge in [0.15, 0.2) is 17.5 Å². The summed E-state index contributed by atoms with van der Waals surface area (Å²) in [5.74, 6) is 1.75. The van der Waals surface area contributed by atoms with E-state index >= 15 is 0 Å². The molecule has 5 nitrogen and oxygen atoms in total. The van der Waals surface area contributed by atoms with Crippen molar-refractivity contribution in [1.29, 1.82) is 0 Å². The zero-order valence-corrected chi connectivity index (χ0v) is 27.9. The minimum absolute atomic E-state index is 0.149. The first-order valence-corrected chi connectivity index (χ1v) is 17.2. The molecule has 0 aliphatic carbocycles. The molecule has 0 saturated heterocycles.